The van der Waals surface area contributed by atoms with E-state index in [1.807, 2.05) is 6.07 Å². The fourth-order valence-corrected chi connectivity index (χ4v) is 2.85. The number of carbonyl (C=O) groups is 1. The van der Waals surface area contributed by atoms with Gasteiger partial charge in [-0.2, -0.15) is 0 Å². The molecule has 1 aromatic carbocycles. The van der Waals surface area contributed by atoms with Crippen molar-refractivity contribution in [2.75, 3.05) is 27.7 Å². The third-order valence-corrected chi connectivity index (χ3v) is 3.99. The number of piperidine rings is 1. The molecule has 0 radical (unpaired) electrons. The minimum absolute atomic E-state index is 0.112. The maximum atomic E-state index is 13.7. The third kappa shape index (κ3) is 3.94. The number of likely N-dealkylation sites (N-methyl/N-ethyl adjacent to an activating group) is 1. The van der Waals surface area contributed by atoms with E-state index in [9.17, 15) is 9.18 Å². The summed E-state index contributed by atoms with van der Waals surface area (Å²) in [5.74, 6) is 0.447. The molecule has 1 N–H and O–H groups in total. The summed E-state index contributed by atoms with van der Waals surface area (Å²) in [6, 6.07) is 4.96. The van der Waals surface area contributed by atoms with Gasteiger partial charge < -0.3 is 15.0 Å². The molecule has 0 aromatic heterocycles. The van der Waals surface area contributed by atoms with Gasteiger partial charge in [0.15, 0.2) is 11.6 Å². The van der Waals surface area contributed by atoms with Crippen LogP contribution in [0.15, 0.2) is 18.2 Å². The van der Waals surface area contributed by atoms with Crippen molar-refractivity contribution in [2.24, 2.45) is 5.92 Å². The minimum Gasteiger partial charge on any atom is -0.494 e. The number of carbonyl (C=O) groups excluding carboxylic acids is 1. The van der Waals surface area contributed by atoms with Crippen molar-refractivity contribution in [3.8, 4) is 5.75 Å². The highest BCUT2D eigenvalue weighted by Crippen LogP contribution is 2.24. The zero-order valence-corrected chi connectivity index (χ0v) is 12.9. The van der Waals surface area contributed by atoms with Gasteiger partial charge in [0.2, 0.25) is 5.91 Å². The molecule has 0 spiro atoms. The van der Waals surface area contributed by atoms with Crippen LogP contribution in [-0.2, 0) is 11.2 Å². The number of nitrogens with one attached hydrogen (secondary N) is 1. The lowest BCUT2D eigenvalue weighted by atomic mass is 9.86. The zero-order valence-electron chi connectivity index (χ0n) is 12.9. The third-order valence-electron chi connectivity index (χ3n) is 3.99. The van der Waals surface area contributed by atoms with Crippen LogP contribution in [0.5, 0.6) is 5.75 Å². The quantitative estimate of drug-likeness (QED) is 0.921. The van der Waals surface area contributed by atoms with Gasteiger partial charge in [0.1, 0.15) is 0 Å². The van der Waals surface area contributed by atoms with E-state index in [0.29, 0.717) is 5.92 Å². The predicted molar refractivity (Wildman–Crippen MR) is 79.9 cm³/mol. The van der Waals surface area contributed by atoms with Crippen LogP contribution in [0.3, 0.4) is 0 Å². The Morgan fingerprint density at radius 2 is 2.24 bits per heavy atom. The van der Waals surface area contributed by atoms with Crippen molar-refractivity contribution < 1.29 is 13.9 Å². The molecule has 1 fully saturated rings. The average molecular weight is 294 g/mol. The van der Waals surface area contributed by atoms with Crippen LogP contribution in [0.25, 0.3) is 0 Å². The lowest BCUT2D eigenvalue weighted by Crippen LogP contribution is -2.48. The summed E-state index contributed by atoms with van der Waals surface area (Å²) in [5.41, 5.74) is 0.955. The lowest BCUT2D eigenvalue weighted by Gasteiger charge is -2.31. The summed E-state index contributed by atoms with van der Waals surface area (Å²) in [7, 11) is 5.00. The molecule has 1 heterocycles. The number of ether oxygens (including phenoxy) is 1. The topological polar surface area (TPSA) is 41.6 Å². The van der Waals surface area contributed by atoms with Gasteiger partial charge in [-0.25, -0.2) is 4.39 Å². The molecule has 2 atom stereocenters. The van der Waals surface area contributed by atoms with Crippen LogP contribution >= 0.6 is 0 Å². The Kier molecular flexibility index (Phi) is 5.17. The molecule has 1 aliphatic rings. The number of hydrogen-bond donors (Lipinski definition) is 1. The van der Waals surface area contributed by atoms with Crippen LogP contribution in [-0.4, -0.2) is 44.6 Å². The van der Waals surface area contributed by atoms with Crippen LogP contribution in [0.2, 0.25) is 0 Å². The standard InChI is InChI=1S/C16H23FN2O2/c1-19(2)16(20)14-10-12(6-7-18-14)8-11-4-5-15(21-3)13(17)9-11/h4-5,9,12,14,18H,6-8,10H2,1-3H3. The first-order valence-corrected chi connectivity index (χ1v) is 7.28. The summed E-state index contributed by atoms with van der Waals surface area (Å²) >= 11 is 0. The monoisotopic (exact) mass is 294 g/mol. The normalized spacial score (nSPS) is 21.9. The second-order valence-corrected chi connectivity index (χ2v) is 5.80. The molecule has 2 unspecified atom stereocenters. The highest BCUT2D eigenvalue weighted by atomic mass is 19.1. The number of hydrogen-bond acceptors (Lipinski definition) is 3. The summed E-state index contributed by atoms with van der Waals surface area (Å²) in [5, 5.41) is 3.26. The number of nitrogens with zero attached hydrogens (tertiary/aromatic N) is 1. The molecule has 21 heavy (non-hydrogen) atoms. The molecule has 1 aliphatic heterocycles. The zero-order chi connectivity index (χ0) is 15.4. The highest BCUT2D eigenvalue weighted by Gasteiger charge is 2.27. The summed E-state index contributed by atoms with van der Waals surface area (Å²) < 4.78 is 18.6. The van der Waals surface area contributed by atoms with E-state index in [2.05, 4.69) is 5.32 Å². The Morgan fingerprint density at radius 3 is 2.86 bits per heavy atom. The van der Waals surface area contributed by atoms with E-state index in [0.717, 1.165) is 31.4 Å². The van der Waals surface area contributed by atoms with E-state index in [-0.39, 0.29) is 23.5 Å². The van der Waals surface area contributed by atoms with Crippen molar-refractivity contribution in [1.29, 1.82) is 0 Å². The summed E-state index contributed by atoms with van der Waals surface area (Å²) in [6.07, 6.45) is 2.59. The first kappa shape index (κ1) is 15.8. The highest BCUT2D eigenvalue weighted by molar-refractivity contribution is 5.81. The van der Waals surface area contributed by atoms with Gasteiger partial charge in [-0.15, -0.1) is 0 Å². The van der Waals surface area contributed by atoms with Gasteiger partial charge in [0, 0.05) is 14.1 Å². The van der Waals surface area contributed by atoms with Crippen molar-refractivity contribution >= 4 is 5.91 Å². The van der Waals surface area contributed by atoms with Gasteiger partial charge in [0.05, 0.1) is 13.2 Å². The number of halogens is 1. The molecule has 1 amide bonds. The molecule has 0 saturated carbocycles. The lowest BCUT2D eigenvalue weighted by molar-refractivity contribution is -0.131. The van der Waals surface area contributed by atoms with Crippen LogP contribution in [0.1, 0.15) is 18.4 Å². The predicted octanol–water partition coefficient (Wildman–Crippen LogP) is 1.83. The van der Waals surface area contributed by atoms with E-state index in [1.54, 1.807) is 25.1 Å². The van der Waals surface area contributed by atoms with Crippen molar-refractivity contribution in [2.45, 2.75) is 25.3 Å². The van der Waals surface area contributed by atoms with Crippen LogP contribution in [0, 0.1) is 11.7 Å². The fraction of sp³-hybridized carbons (Fsp3) is 0.562. The van der Waals surface area contributed by atoms with E-state index >= 15 is 0 Å². The van der Waals surface area contributed by atoms with Crippen LogP contribution < -0.4 is 10.1 Å². The Bertz CT molecular complexity index is 505. The Morgan fingerprint density at radius 1 is 1.48 bits per heavy atom. The van der Waals surface area contributed by atoms with Gasteiger partial charge in [-0.3, -0.25) is 4.79 Å². The molecular formula is C16H23FN2O2. The first-order valence-electron chi connectivity index (χ1n) is 7.28. The Balaban J connectivity index is 1.99. The molecule has 0 bridgehead atoms. The number of methoxy groups -OCH3 is 1. The fourth-order valence-electron chi connectivity index (χ4n) is 2.85. The van der Waals surface area contributed by atoms with Gasteiger partial charge >= 0.3 is 0 Å². The number of amides is 1. The summed E-state index contributed by atoms with van der Waals surface area (Å²) in [6.45, 7) is 0.827. The van der Waals surface area contributed by atoms with E-state index < -0.39 is 0 Å². The smallest absolute Gasteiger partial charge is 0.239 e. The number of benzene rings is 1. The van der Waals surface area contributed by atoms with E-state index in [1.165, 1.54) is 13.2 Å². The molecule has 5 heteroatoms. The molecule has 116 valence electrons. The minimum atomic E-state index is -0.329. The molecule has 1 saturated heterocycles. The second kappa shape index (κ2) is 6.89. The average Bonchev–Trinajstić information content (AvgIpc) is 2.47. The molecular weight excluding hydrogens is 271 g/mol. The van der Waals surface area contributed by atoms with Gasteiger partial charge in [-0.1, -0.05) is 6.07 Å². The largest absolute Gasteiger partial charge is 0.494 e. The van der Waals surface area contributed by atoms with Gasteiger partial charge in [0.25, 0.3) is 0 Å². The number of rotatable bonds is 4. The summed E-state index contributed by atoms with van der Waals surface area (Å²) in [4.78, 5) is 13.6. The maximum absolute atomic E-state index is 13.7. The Hall–Kier alpha value is -1.62. The second-order valence-electron chi connectivity index (χ2n) is 5.80. The van der Waals surface area contributed by atoms with Crippen LogP contribution in [0.4, 0.5) is 4.39 Å². The van der Waals surface area contributed by atoms with Gasteiger partial charge in [-0.05, 0) is 49.4 Å². The van der Waals surface area contributed by atoms with Crippen molar-refractivity contribution in [3.05, 3.63) is 29.6 Å². The van der Waals surface area contributed by atoms with Crippen molar-refractivity contribution in [3.63, 3.8) is 0 Å². The molecule has 1 aromatic rings. The first-order chi connectivity index (χ1) is 10.0. The molecule has 2 rings (SSSR count). The molecule has 0 aliphatic carbocycles. The Labute approximate surface area is 125 Å². The SMILES string of the molecule is COc1ccc(CC2CCNC(C(=O)N(C)C)C2)cc1F. The molecule has 4 nitrogen and oxygen atoms in total. The maximum Gasteiger partial charge on any atom is 0.239 e. The van der Waals surface area contributed by atoms with Crippen molar-refractivity contribution in [1.82, 2.24) is 10.2 Å². The van der Waals surface area contributed by atoms with E-state index in [4.69, 9.17) is 4.74 Å².